The van der Waals surface area contributed by atoms with Crippen molar-refractivity contribution in [1.82, 2.24) is 0 Å². The molecule has 2 aromatic carbocycles. The molecule has 0 heterocycles. The third kappa shape index (κ3) is 1.84. The normalized spacial score (nSPS) is 10.4. The molecule has 0 amide bonds. The van der Waals surface area contributed by atoms with Gasteiger partial charge in [-0.15, -0.1) is 0 Å². The van der Waals surface area contributed by atoms with Gasteiger partial charge in [0.1, 0.15) is 0 Å². The van der Waals surface area contributed by atoms with Gasteiger partial charge >= 0.3 is 0 Å². The first-order valence-electron chi connectivity index (χ1n) is 5.00. The molecular weight excluding hydrogens is 220 g/mol. The van der Waals surface area contributed by atoms with Crippen LogP contribution in [0.2, 0.25) is 5.02 Å². The zero-order chi connectivity index (χ0) is 11.7. The van der Waals surface area contributed by atoms with Gasteiger partial charge in [-0.2, -0.15) is 0 Å². The van der Waals surface area contributed by atoms with Gasteiger partial charge in [0.05, 0.1) is 5.02 Å². The van der Waals surface area contributed by atoms with E-state index in [0.29, 0.717) is 10.7 Å². The van der Waals surface area contributed by atoms with Crippen LogP contribution in [0, 0.1) is 6.92 Å². The van der Waals surface area contributed by atoms with Crippen molar-refractivity contribution < 1.29 is 0 Å². The Kier molecular flexibility index (Phi) is 2.75. The van der Waals surface area contributed by atoms with Gasteiger partial charge in [-0.25, -0.2) is 0 Å². The molecule has 2 rings (SSSR count). The molecule has 16 heavy (non-hydrogen) atoms. The SMILES string of the molecule is Cc1c(N)ccc(-c2ccc(N)cc2)c1Cl. The second-order valence-corrected chi connectivity index (χ2v) is 4.14. The first kappa shape index (κ1) is 10.8. The molecule has 0 aromatic heterocycles. The zero-order valence-corrected chi connectivity index (χ0v) is 9.75. The molecule has 82 valence electrons. The highest BCUT2D eigenvalue weighted by atomic mass is 35.5. The van der Waals surface area contributed by atoms with Gasteiger partial charge in [0.25, 0.3) is 0 Å². The second kappa shape index (κ2) is 4.06. The van der Waals surface area contributed by atoms with Gasteiger partial charge < -0.3 is 11.5 Å². The summed E-state index contributed by atoms with van der Waals surface area (Å²) in [5, 5.41) is 0.699. The van der Waals surface area contributed by atoms with E-state index in [1.165, 1.54) is 0 Å². The minimum absolute atomic E-state index is 0.699. The Morgan fingerprint density at radius 1 is 0.938 bits per heavy atom. The van der Waals surface area contributed by atoms with E-state index in [4.69, 9.17) is 23.1 Å². The van der Waals surface area contributed by atoms with E-state index in [-0.39, 0.29) is 0 Å². The molecule has 0 saturated carbocycles. The summed E-state index contributed by atoms with van der Waals surface area (Å²) in [5.74, 6) is 0. The molecule has 0 aliphatic heterocycles. The average molecular weight is 233 g/mol. The highest BCUT2D eigenvalue weighted by Gasteiger charge is 2.07. The number of benzene rings is 2. The number of nitrogen functional groups attached to an aromatic ring is 2. The number of anilines is 2. The fourth-order valence-electron chi connectivity index (χ4n) is 1.59. The van der Waals surface area contributed by atoms with Gasteiger partial charge in [-0.05, 0) is 36.2 Å². The Hall–Kier alpha value is -1.67. The predicted octanol–water partition coefficient (Wildman–Crippen LogP) is 3.48. The molecule has 3 heteroatoms. The largest absolute Gasteiger partial charge is 0.399 e. The van der Waals surface area contributed by atoms with Crippen molar-refractivity contribution in [2.24, 2.45) is 0 Å². The van der Waals surface area contributed by atoms with E-state index in [9.17, 15) is 0 Å². The highest BCUT2D eigenvalue weighted by molar-refractivity contribution is 6.34. The number of hydrogen-bond donors (Lipinski definition) is 2. The Balaban J connectivity index is 2.57. The number of nitrogens with two attached hydrogens (primary N) is 2. The van der Waals surface area contributed by atoms with Crippen molar-refractivity contribution in [3.63, 3.8) is 0 Å². The first-order valence-corrected chi connectivity index (χ1v) is 5.38. The lowest BCUT2D eigenvalue weighted by atomic mass is 10.0. The van der Waals surface area contributed by atoms with Crippen molar-refractivity contribution in [2.75, 3.05) is 11.5 Å². The lowest BCUT2D eigenvalue weighted by Crippen LogP contribution is -1.92. The minimum atomic E-state index is 0.699. The van der Waals surface area contributed by atoms with Gasteiger partial charge in [-0.3, -0.25) is 0 Å². The van der Waals surface area contributed by atoms with E-state index >= 15 is 0 Å². The lowest BCUT2D eigenvalue weighted by molar-refractivity contribution is 1.46. The van der Waals surface area contributed by atoms with E-state index in [1.54, 1.807) is 0 Å². The van der Waals surface area contributed by atoms with E-state index in [2.05, 4.69) is 0 Å². The average Bonchev–Trinajstić information content (AvgIpc) is 2.28. The molecule has 0 unspecified atom stereocenters. The third-order valence-corrected chi connectivity index (χ3v) is 3.14. The maximum Gasteiger partial charge on any atom is 0.0534 e. The summed E-state index contributed by atoms with van der Waals surface area (Å²) in [6, 6.07) is 11.4. The molecule has 0 radical (unpaired) electrons. The Morgan fingerprint density at radius 3 is 2.19 bits per heavy atom. The van der Waals surface area contributed by atoms with Crippen LogP contribution in [0.4, 0.5) is 11.4 Å². The molecule has 0 fully saturated rings. The van der Waals surface area contributed by atoms with E-state index < -0.39 is 0 Å². The van der Waals surface area contributed by atoms with Crippen molar-refractivity contribution in [2.45, 2.75) is 6.92 Å². The quantitative estimate of drug-likeness (QED) is 0.740. The van der Waals surface area contributed by atoms with Crippen LogP contribution in [0.25, 0.3) is 11.1 Å². The topological polar surface area (TPSA) is 52.0 Å². The van der Waals surface area contributed by atoms with E-state index in [1.807, 2.05) is 43.3 Å². The second-order valence-electron chi connectivity index (χ2n) is 3.76. The first-order chi connectivity index (χ1) is 7.59. The van der Waals surface area contributed by atoms with Crippen molar-refractivity contribution in [3.05, 3.63) is 47.0 Å². The lowest BCUT2D eigenvalue weighted by Gasteiger charge is -2.09. The molecule has 2 aromatic rings. The highest BCUT2D eigenvalue weighted by Crippen LogP contribution is 2.33. The van der Waals surface area contributed by atoms with Crippen molar-refractivity contribution in [1.29, 1.82) is 0 Å². The molecule has 0 aliphatic carbocycles. The van der Waals surface area contributed by atoms with Gasteiger partial charge in [0.2, 0.25) is 0 Å². The molecular formula is C13H13ClN2. The van der Waals surface area contributed by atoms with Crippen LogP contribution < -0.4 is 11.5 Å². The van der Waals surface area contributed by atoms with Crippen LogP contribution >= 0.6 is 11.6 Å². The van der Waals surface area contributed by atoms with Crippen LogP contribution in [-0.2, 0) is 0 Å². The maximum atomic E-state index is 6.26. The van der Waals surface area contributed by atoms with Crippen LogP contribution in [-0.4, -0.2) is 0 Å². The summed E-state index contributed by atoms with van der Waals surface area (Å²) in [4.78, 5) is 0. The number of rotatable bonds is 1. The molecule has 2 nitrogen and oxygen atoms in total. The summed E-state index contributed by atoms with van der Waals surface area (Å²) in [6.07, 6.45) is 0. The van der Waals surface area contributed by atoms with Crippen molar-refractivity contribution >= 4 is 23.0 Å². The maximum absolute atomic E-state index is 6.26. The summed E-state index contributed by atoms with van der Waals surface area (Å²) < 4.78 is 0. The molecule has 0 aliphatic rings. The fourth-order valence-corrected chi connectivity index (χ4v) is 1.87. The molecule has 0 bridgehead atoms. The molecule has 0 saturated heterocycles. The monoisotopic (exact) mass is 232 g/mol. The fraction of sp³-hybridized carbons (Fsp3) is 0.0769. The Labute approximate surface area is 99.8 Å². The van der Waals surface area contributed by atoms with Crippen LogP contribution in [0.3, 0.4) is 0 Å². The van der Waals surface area contributed by atoms with Crippen LogP contribution in [0.15, 0.2) is 36.4 Å². The van der Waals surface area contributed by atoms with Crippen LogP contribution in [0.5, 0.6) is 0 Å². The third-order valence-electron chi connectivity index (χ3n) is 2.65. The van der Waals surface area contributed by atoms with E-state index in [0.717, 1.165) is 22.4 Å². The number of halogens is 1. The Morgan fingerprint density at radius 2 is 1.56 bits per heavy atom. The predicted molar refractivity (Wildman–Crippen MR) is 70.4 cm³/mol. The van der Waals surface area contributed by atoms with Gasteiger partial charge in [0.15, 0.2) is 0 Å². The van der Waals surface area contributed by atoms with Gasteiger partial charge in [0, 0.05) is 16.9 Å². The number of hydrogen-bond acceptors (Lipinski definition) is 2. The summed E-state index contributed by atoms with van der Waals surface area (Å²) in [5.41, 5.74) is 15.8. The molecule has 4 N–H and O–H groups in total. The van der Waals surface area contributed by atoms with Crippen LogP contribution in [0.1, 0.15) is 5.56 Å². The Bertz CT molecular complexity index is 518. The minimum Gasteiger partial charge on any atom is -0.399 e. The zero-order valence-electron chi connectivity index (χ0n) is 9.00. The molecule has 0 atom stereocenters. The summed E-state index contributed by atoms with van der Waals surface area (Å²) in [7, 11) is 0. The molecule has 0 spiro atoms. The summed E-state index contributed by atoms with van der Waals surface area (Å²) in [6.45, 7) is 1.92. The smallest absolute Gasteiger partial charge is 0.0534 e. The standard InChI is InChI=1S/C13H13ClN2/c1-8-12(16)7-6-11(13(8)14)9-2-4-10(15)5-3-9/h2-7H,15-16H2,1H3. The van der Waals surface area contributed by atoms with Crippen molar-refractivity contribution in [3.8, 4) is 11.1 Å². The van der Waals surface area contributed by atoms with Gasteiger partial charge in [-0.1, -0.05) is 29.8 Å². The summed E-state index contributed by atoms with van der Waals surface area (Å²) >= 11 is 6.26.